The van der Waals surface area contributed by atoms with Crippen molar-refractivity contribution in [1.82, 2.24) is 15.1 Å². The summed E-state index contributed by atoms with van der Waals surface area (Å²) in [7, 11) is 4.86. The molecule has 0 bridgehead atoms. The Hall–Kier alpha value is -0.240. The summed E-state index contributed by atoms with van der Waals surface area (Å²) in [6.45, 7) is 18.3. The number of aliphatic hydroxyl groups is 1. The Morgan fingerprint density at radius 3 is 1.60 bits per heavy atom. The van der Waals surface area contributed by atoms with Gasteiger partial charge in [0, 0.05) is 45.8 Å². The van der Waals surface area contributed by atoms with E-state index in [1.807, 2.05) is 0 Å². The molecule has 4 N–H and O–H groups in total. The molecule has 0 saturated carbocycles. The summed E-state index contributed by atoms with van der Waals surface area (Å²) in [6.07, 6.45) is 25.4. The Morgan fingerprint density at radius 1 is 0.595 bits per heavy atom. The lowest BCUT2D eigenvalue weighted by atomic mass is 10.1. The van der Waals surface area contributed by atoms with Crippen LogP contribution in [-0.4, -0.2) is 112 Å². The average molecular weight is 599 g/mol. The normalized spacial score (nSPS) is 13.1. The van der Waals surface area contributed by atoms with Crippen molar-refractivity contribution in [3.63, 3.8) is 0 Å². The van der Waals surface area contributed by atoms with Crippen LogP contribution >= 0.6 is 0 Å². The maximum atomic E-state index is 10.4. The van der Waals surface area contributed by atoms with Crippen LogP contribution < -0.4 is 11.1 Å². The Balaban J connectivity index is 3.62. The highest BCUT2D eigenvalue weighted by molar-refractivity contribution is 4.66. The summed E-state index contributed by atoms with van der Waals surface area (Å²) in [5.74, 6) is 0. The van der Waals surface area contributed by atoms with Gasteiger partial charge in [0.15, 0.2) is 0 Å². The van der Waals surface area contributed by atoms with Crippen molar-refractivity contribution < 1.29 is 9.59 Å². The van der Waals surface area contributed by atoms with Gasteiger partial charge in [0.05, 0.1) is 33.3 Å². The Labute approximate surface area is 265 Å². The van der Waals surface area contributed by atoms with E-state index in [9.17, 15) is 5.11 Å². The molecule has 0 saturated heterocycles. The first-order valence-corrected chi connectivity index (χ1v) is 18.7. The predicted octanol–water partition coefficient (Wildman–Crippen LogP) is 7.05. The molecular weight excluding hydrogens is 518 g/mol. The van der Waals surface area contributed by atoms with Gasteiger partial charge in [0.25, 0.3) is 0 Å². The smallest absolute Gasteiger partial charge is 0.0782 e. The number of nitrogens with one attached hydrogen (secondary N) is 1. The van der Waals surface area contributed by atoms with Gasteiger partial charge in [-0.2, -0.15) is 0 Å². The second-order valence-corrected chi connectivity index (χ2v) is 13.8. The molecule has 6 nitrogen and oxygen atoms in total. The molecule has 0 fully saturated rings. The molecule has 0 aromatic carbocycles. The monoisotopic (exact) mass is 599 g/mol. The molecule has 0 heterocycles. The van der Waals surface area contributed by atoms with Crippen LogP contribution in [0.2, 0.25) is 0 Å². The molecule has 0 aliphatic rings. The summed E-state index contributed by atoms with van der Waals surface area (Å²) >= 11 is 0. The Morgan fingerprint density at radius 2 is 1.10 bits per heavy atom. The second kappa shape index (κ2) is 30.8. The number of nitrogens with two attached hydrogens (primary N) is 1. The van der Waals surface area contributed by atoms with Crippen LogP contribution in [0.25, 0.3) is 0 Å². The third-order valence-electron chi connectivity index (χ3n) is 9.07. The molecule has 1 atom stereocenters. The minimum Gasteiger partial charge on any atom is -0.392 e. The molecular formula is C36H80N5O+. The lowest BCUT2D eigenvalue weighted by Crippen LogP contribution is -2.41. The van der Waals surface area contributed by atoms with Crippen molar-refractivity contribution in [2.24, 2.45) is 5.73 Å². The largest absolute Gasteiger partial charge is 0.392 e. The maximum Gasteiger partial charge on any atom is 0.0782 e. The first-order chi connectivity index (χ1) is 20.4. The van der Waals surface area contributed by atoms with E-state index in [-0.39, 0.29) is 6.10 Å². The highest BCUT2D eigenvalue weighted by atomic mass is 16.3. The van der Waals surface area contributed by atoms with E-state index in [1.54, 1.807) is 0 Å². The fraction of sp³-hybridized carbons (Fsp3) is 1.00. The van der Waals surface area contributed by atoms with Crippen molar-refractivity contribution in [2.75, 3.05) is 86.1 Å². The highest BCUT2D eigenvalue weighted by Crippen LogP contribution is 2.14. The van der Waals surface area contributed by atoms with Gasteiger partial charge in [-0.15, -0.1) is 0 Å². The summed E-state index contributed by atoms with van der Waals surface area (Å²) in [4.78, 5) is 4.97. The number of likely N-dealkylation sites (N-methyl/N-ethyl adjacent to an activating group) is 1. The van der Waals surface area contributed by atoms with Crippen molar-refractivity contribution in [2.45, 2.75) is 149 Å². The summed E-state index contributed by atoms with van der Waals surface area (Å²) in [6, 6.07) is 0. The molecule has 0 rings (SSSR count). The van der Waals surface area contributed by atoms with Gasteiger partial charge in [-0.1, -0.05) is 104 Å². The van der Waals surface area contributed by atoms with E-state index in [0.717, 1.165) is 71.7 Å². The van der Waals surface area contributed by atoms with Gasteiger partial charge < -0.3 is 30.4 Å². The fourth-order valence-electron chi connectivity index (χ4n) is 6.10. The zero-order chi connectivity index (χ0) is 31.2. The van der Waals surface area contributed by atoms with E-state index in [0.29, 0.717) is 0 Å². The number of nitrogens with zero attached hydrogens (tertiary/aromatic N) is 3. The highest BCUT2D eigenvalue weighted by Gasteiger charge is 2.13. The second-order valence-electron chi connectivity index (χ2n) is 13.8. The predicted molar refractivity (Wildman–Crippen MR) is 187 cm³/mol. The molecule has 0 aliphatic heterocycles. The van der Waals surface area contributed by atoms with Crippen molar-refractivity contribution >= 4 is 0 Å². The fourth-order valence-corrected chi connectivity index (χ4v) is 6.10. The standard InChI is InChI=1S/C36H80N5O/c1-6-9-10-11-12-13-14-17-20-23-33-41(4,5)34-24-21-18-15-16-19-22-25-36(42)35-38-27-30-40(28-7-2)32-31-39(8-3)29-26-37/h36,38,42H,6-35,37H2,1-5H3/q+1. The van der Waals surface area contributed by atoms with Gasteiger partial charge in [-0.3, -0.25) is 0 Å². The third kappa shape index (κ3) is 28.5. The van der Waals surface area contributed by atoms with Crippen LogP contribution in [0.4, 0.5) is 0 Å². The van der Waals surface area contributed by atoms with Crippen LogP contribution in [0.1, 0.15) is 143 Å². The molecule has 0 aliphatic carbocycles. The van der Waals surface area contributed by atoms with Gasteiger partial charge in [-0.05, 0) is 51.6 Å². The van der Waals surface area contributed by atoms with E-state index in [4.69, 9.17) is 5.73 Å². The van der Waals surface area contributed by atoms with Crippen molar-refractivity contribution in [3.05, 3.63) is 0 Å². The third-order valence-corrected chi connectivity index (χ3v) is 9.07. The number of unbranched alkanes of at least 4 members (excludes halogenated alkanes) is 15. The van der Waals surface area contributed by atoms with Gasteiger partial charge in [-0.25, -0.2) is 0 Å². The number of rotatable bonds is 34. The molecule has 0 aromatic heterocycles. The van der Waals surface area contributed by atoms with Gasteiger partial charge >= 0.3 is 0 Å². The maximum absolute atomic E-state index is 10.4. The molecule has 0 radical (unpaired) electrons. The molecule has 42 heavy (non-hydrogen) atoms. The van der Waals surface area contributed by atoms with Crippen LogP contribution in [0.3, 0.4) is 0 Å². The van der Waals surface area contributed by atoms with E-state index in [1.165, 1.54) is 127 Å². The summed E-state index contributed by atoms with van der Waals surface area (Å²) in [5, 5.41) is 13.9. The Bertz CT molecular complexity index is 533. The van der Waals surface area contributed by atoms with Gasteiger partial charge in [0.1, 0.15) is 0 Å². The molecule has 0 spiro atoms. The summed E-state index contributed by atoms with van der Waals surface area (Å²) < 4.78 is 1.20. The number of hydrogen-bond acceptors (Lipinski definition) is 5. The average Bonchev–Trinajstić information content (AvgIpc) is 2.97. The van der Waals surface area contributed by atoms with E-state index >= 15 is 0 Å². The zero-order valence-corrected chi connectivity index (χ0v) is 29.7. The minimum atomic E-state index is -0.208. The lowest BCUT2D eigenvalue weighted by Gasteiger charge is -2.30. The molecule has 0 aromatic rings. The quantitative estimate of drug-likeness (QED) is 0.0547. The summed E-state index contributed by atoms with van der Waals surface area (Å²) in [5.41, 5.74) is 5.73. The molecule has 1 unspecified atom stereocenters. The van der Waals surface area contributed by atoms with Crippen molar-refractivity contribution in [3.8, 4) is 0 Å². The van der Waals surface area contributed by atoms with Crippen LogP contribution in [-0.2, 0) is 0 Å². The van der Waals surface area contributed by atoms with Gasteiger partial charge in [0.2, 0.25) is 0 Å². The van der Waals surface area contributed by atoms with E-state index in [2.05, 4.69) is 50.0 Å². The zero-order valence-electron chi connectivity index (χ0n) is 29.7. The Kier molecular flexibility index (Phi) is 30.6. The van der Waals surface area contributed by atoms with Crippen LogP contribution in [0.15, 0.2) is 0 Å². The number of hydrogen-bond donors (Lipinski definition) is 3. The van der Waals surface area contributed by atoms with Crippen LogP contribution in [0, 0.1) is 0 Å². The van der Waals surface area contributed by atoms with Crippen LogP contribution in [0.5, 0.6) is 0 Å². The molecule has 0 amide bonds. The van der Waals surface area contributed by atoms with Crippen molar-refractivity contribution in [1.29, 1.82) is 0 Å². The van der Waals surface area contributed by atoms with E-state index < -0.39 is 0 Å². The topological polar surface area (TPSA) is 64.8 Å². The first kappa shape index (κ1) is 41.8. The minimum absolute atomic E-state index is 0.208. The number of aliphatic hydroxyl groups excluding tert-OH is 1. The SMILES string of the molecule is CCCCCCCCCCCC[N+](C)(C)CCCCCCCCCC(O)CNCCN(CCC)CCN(CC)CCN. The lowest BCUT2D eigenvalue weighted by molar-refractivity contribution is -0.890. The first-order valence-electron chi connectivity index (χ1n) is 18.7. The number of quaternary nitrogens is 1. The molecule has 254 valence electrons. The molecule has 6 heteroatoms.